The summed E-state index contributed by atoms with van der Waals surface area (Å²) >= 11 is 6.05. The summed E-state index contributed by atoms with van der Waals surface area (Å²) < 4.78 is 0. The van der Waals surface area contributed by atoms with Crippen LogP contribution in [0.1, 0.15) is 68.9 Å². The molecule has 116 valence electrons. The van der Waals surface area contributed by atoms with Gasteiger partial charge in [-0.3, -0.25) is 4.79 Å². The fourth-order valence-corrected chi connectivity index (χ4v) is 3.01. The molecule has 4 heteroatoms. The molecule has 1 saturated carbocycles. The molecule has 1 aliphatic carbocycles. The van der Waals surface area contributed by atoms with Gasteiger partial charge in [0.1, 0.15) is 5.15 Å². The number of rotatable bonds is 4. The minimum absolute atomic E-state index is 0.0530. The van der Waals surface area contributed by atoms with Crippen LogP contribution in [0.5, 0.6) is 0 Å². The van der Waals surface area contributed by atoms with Crippen molar-refractivity contribution in [1.82, 2.24) is 10.3 Å². The van der Waals surface area contributed by atoms with E-state index in [1.165, 1.54) is 25.7 Å². The quantitative estimate of drug-likeness (QED) is 0.841. The van der Waals surface area contributed by atoms with E-state index in [1.807, 2.05) is 6.07 Å². The number of hydrogen-bond donors (Lipinski definition) is 1. The van der Waals surface area contributed by atoms with E-state index in [2.05, 4.69) is 31.1 Å². The van der Waals surface area contributed by atoms with Gasteiger partial charge in [-0.05, 0) is 24.5 Å². The van der Waals surface area contributed by atoms with E-state index < -0.39 is 0 Å². The fraction of sp³-hybridized carbons (Fsp3) is 0.647. The molecular formula is C17H25ClN2O. The van der Waals surface area contributed by atoms with Crippen molar-refractivity contribution in [3.63, 3.8) is 0 Å². The summed E-state index contributed by atoms with van der Waals surface area (Å²) in [7, 11) is 0. The maximum absolute atomic E-state index is 12.3. The maximum Gasteiger partial charge on any atom is 0.251 e. The molecule has 1 aromatic rings. The van der Waals surface area contributed by atoms with Gasteiger partial charge in [0.05, 0.1) is 0 Å². The van der Waals surface area contributed by atoms with Crippen molar-refractivity contribution in [2.75, 3.05) is 6.54 Å². The molecule has 1 N–H and O–H groups in total. The molecule has 0 spiro atoms. The Morgan fingerprint density at radius 3 is 2.62 bits per heavy atom. The number of aromatic nitrogens is 1. The summed E-state index contributed by atoms with van der Waals surface area (Å²) in [6, 6.07) is 3.48. The first-order valence-corrected chi connectivity index (χ1v) is 8.20. The highest BCUT2D eigenvalue weighted by Gasteiger charge is 2.19. The zero-order chi connectivity index (χ0) is 15.5. The van der Waals surface area contributed by atoms with E-state index in [0.29, 0.717) is 10.7 Å². The van der Waals surface area contributed by atoms with E-state index in [-0.39, 0.29) is 11.3 Å². The summed E-state index contributed by atoms with van der Waals surface area (Å²) in [6.07, 6.45) is 6.38. The van der Waals surface area contributed by atoms with Crippen LogP contribution >= 0.6 is 11.6 Å². The molecule has 1 heterocycles. The largest absolute Gasteiger partial charge is 0.352 e. The molecule has 2 rings (SSSR count). The third kappa shape index (κ3) is 4.70. The second-order valence-electron chi connectivity index (χ2n) is 7.01. The lowest BCUT2D eigenvalue weighted by Crippen LogP contribution is -2.26. The number of hydrogen-bond acceptors (Lipinski definition) is 2. The van der Waals surface area contributed by atoms with E-state index >= 15 is 0 Å². The summed E-state index contributed by atoms with van der Waals surface area (Å²) in [4.78, 5) is 16.6. The summed E-state index contributed by atoms with van der Waals surface area (Å²) in [5, 5.41) is 3.38. The molecule has 0 atom stereocenters. The number of nitrogens with zero attached hydrogens (tertiary/aromatic N) is 1. The first-order chi connectivity index (χ1) is 9.86. The van der Waals surface area contributed by atoms with Crippen molar-refractivity contribution in [3.8, 4) is 0 Å². The molecule has 3 nitrogen and oxygen atoms in total. The van der Waals surface area contributed by atoms with Gasteiger partial charge in [-0.2, -0.15) is 0 Å². The maximum atomic E-state index is 12.3. The monoisotopic (exact) mass is 308 g/mol. The first-order valence-electron chi connectivity index (χ1n) is 7.82. The third-order valence-electron chi connectivity index (χ3n) is 4.14. The van der Waals surface area contributed by atoms with Crippen molar-refractivity contribution in [2.45, 2.75) is 58.3 Å². The third-order valence-corrected chi connectivity index (χ3v) is 4.33. The molecule has 0 radical (unpaired) electrons. The minimum atomic E-state index is -0.121. The lowest BCUT2D eigenvalue weighted by atomic mass is 9.91. The van der Waals surface area contributed by atoms with Gasteiger partial charge < -0.3 is 5.32 Å². The van der Waals surface area contributed by atoms with Crippen LogP contribution in [0, 0.1) is 5.92 Å². The van der Waals surface area contributed by atoms with Crippen molar-refractivity contribution in [1.29, 1.82) is 0 Å². The first kappa shape index (κ1) is 16.3. The Morgan fingerprint density at radius 2 is 2.00 bits per heavy atom. The van der Waals surface area contributed by atoms with Crippen molar-refractivity contribution >= 4 is 17.5 Å². The van der Waals surface area contributed by atoms with Crippen LogP contribution < -0.4 is 5.32 Å². The van der Waals surface area contributed by atoms with Gasteiger partial charge in [-0.15, -0.1) is 0 Å². The molecule has 1 amide bonds. The zero-order valence-electron chi connectivity index (χ0n) is 13.2. The zero-order valence-corrected chi connectivity index (χ0v) is 14.0. The van der Waals surface area contributed by atoms with E-state index in [4.69, 9.17) is 11.6 Å². The molecule has 0 aromatic carbocycles. The second kappa shape index (κ2) is 6.78. The average Bonchev–Trinajstić information content (AvgIpc) is 2.90. The smallest absolute Gasteiger partial charge is 0.251 e. The topological polar surface area (TPSA) is 42.0 Å². The Labute approximate surface area is 132 Å². The van der Waals surface area contributed by atoms with Gasteiger partial charge in [0.25, 0.3) is 5.91 Å². The molecule has 0 saturated heterocycles. The van der Waals surface area contributed by atoms with E-state index in [0.717, 1.165) is 24.6 Å². The predicted octanol–water partition coefficient (Wildman–Crippen LogP) is 4.34. The van der Waals surface area contributed by atoms with Gasteiger partial charge in [0.15, 0.2) is 0 Å². The highest BCUT2D eigenvalue weighted by Crippen LogP contribution is 2.27. The van der Waals surface area contributed by atoms with Crippen LogP contribution in [0.2, 0.25) is 5.15 Å². The Bertz CT molecular complexity index is 502. The van der Waals surface area contributed by atoms with E-state index in [1.54, 1.807) is 6.07 Å². The van der Waals surface area contributed by atoms with Gasteiger partial charge in [0, 0.05) is 23.2 Å². The van der Waals surface area contributed by atoms with Gasteiger partial charge >= 0.3 is 0 Å². The Morgan fingerprint density at radius 1 is 1.33 bits per heavy atom. The predicted molar refractivity (Wildman–Crippen MR) is 86.9 cm³/mol. The summed E-state index contributed by atoms with van der Waals surface area (Å²) in [5.74, 6) is 0.735. The number of pyridine rings is 1. The Balaban J connectivity index is 1.96. The van der Waals surface area contributed by atoms with Crippen LogP contribution in [-0.2, 0) is 5.41 Å². The standard InChI is InChI=1S/C17H25ClN2O/c1-17(2,3)14-10-13(11-15(18)20-14)16(21)19-9-8-12-6-4-5-7-12/h10-12H,4-9H2,1-3H3,(H,19,21). The Hall–Kier alpha value is -1.09. The van der Waals surface area contributed by atoms with Crippen LogP contribution in [-0.4, -0.2) is 17.4 Å². The number of amides is 1. The SMILES string of the molecule is CC(C)(C)c1cc(C(=O)NCCC2CCCC2)cc(Cl)n1. The molecule has 1 aliphatic rings. The molecule has 21 heavy (non-hydrogen) atoms. The van der Waals surface area contributed by atoms with Crippen molar-refractivity contribution in [2.24, 2.45) is 5.92 Å². The lowest BCUT2D eigenvalue weighted by molar-refractivity contribution is 0.0951. The second-order valence-corrected chi connectivity index (χ2v) is 7.40. The summed E-state index contributed by atoms with van der Waals surface area (Å²) in [5.41, 5.74) is 1.33. The Kier molecular flexibility index (Phi) is 5.26. The van der Waals surface area contributed by atoms with E-state index in [9.17, 15) is 4.79 Å². The van der Waals surface area contributed by atoms with Crippen LogP contribution in [0.25, 0.3) is 0 Å². The molecule has 0 aliphatic heterocycles. The van der Waals surface area contributed by atoms with Crippen LogP contribution in [0.3, 0.4) is 0 Å². The minimum Gasteiger partial charge on any atom is -0.352 e. The molecule has 1 fully saturated rings. The van der Waals surface area contributed by atoms with Gasteiger partial charge in [-0.1, -0.05) is 58.1 Å². The average molecular weight is 309 g/mol. The van der Waals surface area contributed by atoms with Gasteiger partial charge in [0.2, 0.25) is 0 Å². The van der Waals surface area contributed by atoms with Crippen molar-refractivity contribution in [3.05, 3.63) is 28.5 Å². The molecule has 1 aromatic heterocycles. The fourth-order valence-electron chi connectivity index (χ4n) is 2.80. The van der Waals surface area contributed by atoms with Gasteiger partial charge in [-0.25, -0.2) is 4.98 Å². The molecule has 0 unspecified atom stereocenters. The molecule has 0 bridgehead atoms. The van der Waals surface area contributed by atoms with Crippen molar-refractivity contribution < 1.29 is 4.79 Å². The highest BCUT2D eigenvalue weighted by atomic mass is 35.5. The number of carbonyl (C=O) groups is 1. The van der Waals surface area contributed by atoms with Crippen LogP contribution in [0.4, 0.5) is 0 Å². The number of nitrogens with one attached hydrogen (secondary N) is 1. The van der Waals surface area contributed by atoms with Crippen LogP contribution in [0.15, 0.2) is 12.1 Å². The number of carbonyl (C=O) groups excluding carboxylic acids is 1. The summed E-state index contributed by atoms with van der Waals surface area (Å²) in [6.45, 7) is 6.93. The lowest BCUT2D eigenvalue weighted by Gasteiger charge is -2.19. The number of halogens is 1. The normalized spacial score (nSPS) is 16.2. The molecular weight excluding hydrogens is 284 g/mol. The highest BCUT2D eigenvalue weighted by molar-refractivity contribution is 6.29.